The molecule has 0 radical (unpaired) electrons. The molecular weight excluding hydrogens is 292 g/mol. The van der Waals surface area contributed by atoms with Gasteiger partial charge in [-0.25, -0.2) is 4.79 Å². The zero-order valence-corrected chi connectivity index (χ0v) is 12.5. The molecule has 3 rings (SSSR count). The summed E-state index contributed by atoms with van der Waals surface area (Å²) in [5.41, 5.74) is 0. The van der Waals surface area contributed by atoms with Crippen LogP contribution in [0.25, 0.3) is 10.8 Å². The van der Waals surface area contributed by atoms with E-state index in [9.17, 15) is 4.79 Å². The van der Waals surface area contributed by atoms with Crippen LogP contribution in [-0.2, 0) is 13.0 Å². The predicted octanol–water partition coefficient (Wildman–Crippen LogP) is 2.19. The van der Waals surface area contributed by atoms with E-state index in [1.165, 1.54) is 16.0 Å². The van der Waals surface area contributed by atoms with Gasteiger partial charge < -0.3 is 8.94 Å². The summed E-state index contributed by atoms with van der Waals surface area (Å²) in [4.78, 5) is 16.8. The lowest BCUT2D eigenvalue weighted by Crippen LogP contribution is -2.16. The van der Waals surface area contributed by atoms with Gasteiger partial charge in [0.25, 0.3) is 5.89 Å². The molecule has 0 saturated heterocycles. The maximum atomic E-state index is 11.8. The van der Waals surface area contributed by atoms with E-state index in [1.54, 1.807) is 0 Å². The quantitative estimate of drug-likeness (QED) is 0.718. The van der Waals surface area contributed by atoms with Gasteiger partial charge in [0.15, 0.2) is 5.82 Å². The lowest BCUT2D eigenvalue weighted by Gasteiger charge is -1.96. The molecule has 0 saturated carbocycles. The highest BCUT2D eigenvalue weighted by Gasteiger charge is 2.14. The second-order valence-corrected chi connectivity index (χ2v) is 5.96. The second-order valence-electron chi connectivity index (χ2n) is 5.01. The fourth-order valence-electron chi connectivity index (χ4n) is 1.84. The third-order valence-electron chi connectivity index (χ3n) is 2.72. The molecule has 3 heterocycles. The van der Waals surface area contributed by atoms with Crippen molar-refractivity contribution in [1.82, 2.24) is 19.9 Å². The van der Waals surface area contributed by atoms with Gasteiger partial charge >= 0.3 is 5.76 Å². The van der Waals surface area contributed by atoms with Crippen molar-refractivity contribution >= 4 is 11.3 Å². The Labute approximate surface area is 124 Å². The van der Waals surface area contributed by atoms with E-state index in [0.717, 1.165) is 11.3 Å². The number of aromatic nitrogens is 4. The van der Waals surface area contributed by atoms with Crippen LogP contribution in [0.4, 0.5) is 0 Å². The molecule has 0 fully saturated rings. The van der Waals surface area contributed by atoms with E-state index < -0.39 is 5.76 Å². The molecule has 0 aliphatic heterocycles. The Bertz CT molecular complexity index is 770. The number of hydrogen-bond donors (Lipinski definition) is 0. The third-order valence-corrected chi connectivity index (χ3v) is 3.58. The first kappa shape index (κ1) is 13.7. The van der Waals surface area contributed by atoms with E-state index in [0.29, 0.717) is 23.5 Å². The largest absolute Gasteiger partial charge is 0.437 e. The maximum absolute atomic E-state index is 11.8. The Morgan fingerprint density at radius 3 is 3.00 bits per heavy atom. The number of hydrogen-bond acceptors (Lipinski definition) is 7. The summed E-state index contributed by atoms with van der Waals surface area (Å²) in [6.07, 6.45) is 0.734. The molecule has 8 heteroatoms. The molecule has 0 unspecified atom stereocenters. The average molecular weight is 306 g/mol. The number of thiophene rings is 1. The van der Waals surface area contributed by atoms with E-state index in [4.69, 9.17) is 8.94 Å². The fourth-order valence-corrected chi connectivity index (χ4v) is 2.48. The van der Waals surface area contributed by atoms with Crippen LogP contribution in [0, 0.1) is 5.92 Å². The van der Waals surface area contributed by atoms with Crippen LogP contribution in [0.2, 0.25) is 0 Å². The molecule has 110 valence electrons. The Balaban J connectivity index is 1.79. The lowest BCUT2D eigenvalue weighted by molar-refractivity contribution is 0.354. The molecule has 7 nitrogen and oxygen atoms in total. The molecule has 0 atom stereocenters. The van der Waals surface area contributed by atoms with Crippen LogP contribution < -0.4 is 5.76 Å². The highest BCUT2D eigenvalue weighted by molar-refractivity contribution is 7.13. The Hall–Kier alpha value is -2.22. The number of nitrogens with zero attached hydrogens (tertiary/aromatic N) is 4. The van der Waals surface area contributed by atoms with E-state index in [1.807, 2.05) is 17.5 Å². The molecule has 0 N–H and O–H groups in total. The normalized spacial score (nSPS) is 11.4. The van der Waals surface area contributed by atoms with Crippen LogP contribution in [0.3, 0.4) is 0 Å². The SMILES string of the molecule is CC(C)Cc1noc(Cn2nc(-c3cccs3)oc2=O)n1. The van der Waals surface area contributed by atoms with Gasteiger partial charge in [0.1, 0.15) is 6.54 Å². The van der Waals surface area contributed by atoms with Crippen molar-refractivity contribution in [3.63, 3.8) is 0 Å². The summed E-state index contributed by atoms with van der Waals surface area (Å²) in [5, 5.41) is 9.91. The standard InChI is InChI=1S/C13H14N4O3S/c1-8(2)6-10-14-11(20-16-10)7-17-13(18)19-12(15-17)9-4-3-5-21-9/h3-5,8H,6-7H2,1-2H3. The lowest BCUT2D eigenvalue weighted by atomic mass is 10.1. The molecule has 0 aromatic carbocycles. The summed E-state index contributed by atoms with van der Waals surface area (Å²) < 4.78 is 11.4. The van der Waals surface area contributed by atoms with Gasteiger partial charge in [-0.2, -0.15) is 9.67 Å². The molecule has 0 aliphatic carbocycles. The first-order chi connectivity index (χ1) is 10.1. The van der Waals surface area contributed by atoms with Crippen LogP contribution in [0.15, 0.2) is 31.2 Å². The van der Waals surface area contributed by atoms with Crippen molar-refractivity contribution in [2.45, 2.75) is 26.8 Å². The van der Waals surface area contributed by atoms with Crippen LogP contribution >= 0.6 is 11.3 Å². The molecule has 0 aliphatic rings. The van der Waals surface area contributed by atoms with Gasteiger partial charge in [0.05, 0.1) is 4.88 Å². The molecule has 3 aromatic rings. The minimum Gasteiger partial charge on any atom is -0.387 e. The third kappa shape index (κ3) is 3.10. The summed E-state index contributed by atoms with van der Waals surface area (Å²) in [6, 6.07) is 3.71. The summed E-state index contributed by atoms with van der Waals surface area (Å²) in [6.45, 7) is 4.26. The molecule has 0 bridgehead atoms. The van der Waals surface area contributed by atoms with Gasteiger partial charge in [-0.1, -0.05) is 25.1 Å². The number of rotatable bonds is 5. The van der Waals surface area contributed by atoms with Crippen molar-refractivity contribution in [3.8, 4) is 10.8 Å². The monoisotopic (exact) mass is 306 g/mol. The van der Waals surface area contributed by atoms with E-state index in [-0.39, 0.29) is 6.54 Å². The predicted molar refractivity (Wildman–Crippen MR) is 76.0 cm³/mol. The minimum absolute atomic E-state index is 0.110. The van der Waals surface area contributed by atoms with Gasteiger partial charge in [-0.3, -0.25) is 0 Å². The van der Waals surface area contributed by atoms with Gasteiger partial charge in [-0.15, -0.1) is 16.4 Å². The Kier molecular flexibility index (Phi) is 3.70. The van der Waals surface area contributed by atoms with E-state index in [2.05, 4.69) is 29.1 Å². The smallest absolute Gasteiger partial charge is 0.387 e. The fraction of sp³-hybridized carbons (Fsp3) is 0.385. The molecule has 21 heavy (non-hydrogen) atoms. The van der Waals surface area contributed by atoms with Gasteiger partial charge in [0, 0.05) is 6.42 Å². The maximum Gasteiger partial charge on any atom is 0.437 e. The van der Waals surface area contributed by atoms with Crippen molar-refractivity contribution in [3.05, 3.63) is 39.8 Å². The highest BCUT2D eigenvalue weighted by atomic mass is 32.1. The first-order valence-electron chi connectivity index (χ1n) is 6.55. The van der Waals surface area contributed by atoms with Crippen LogP contribution in [-0.4, -0.2) is 19.9 Å². The highest BCUT2D eigenvalue weighted by Crippen LogP contribution is 2.21. The van der Waals surface area contributed by atoms with Crippen LogP contribution in [0.5, 0.6) is 0 Å². The van der Waals surface area contributed by atoms with Crippen LogP contribution in [0.1, 0.15) is 25.6 Å². The zero-order chi connectivity index (χ0) is 14.8. The van der Waals surface area contributed by atoms with Crippen molar-refractivity contribution in [1.29, 1.82) is 0 Å². The zero-order valence-electron chi connectivity index (χ0n) is 11.6. The molecule has 3 aromatic heterocycles. The minimum atomic E-state index is -0.540. The topological polar surface area (TPSA) is 87.0 Å². The Morgan fingerprint density at radius 2 is 2.29 bits per heavy atom. The first-order valence-corrected chi connectivity index (χ1v) is 7.43. The summed E-state index contributed by atoms with van der Waals surface area (Å²) in [5.74, 6) is 1.18. The average Bonchev–Trinajstić information content (AvgIpc) is 3.11. The summed E-state index contributed by atoms with van der Waals surface area (Å²) >= 11 is 1.46. The molecule has 0 spiro atoms. The van der Waals surface area contributed by atoms with Crippen molar-refractivity contribution in [2.75, 3.05) is 0 Å². The van der Waals surface area contributed by atoms with E-state index >= 15 is 0 Å². The molecule has 0 amide bonds. The molecular formula is C13H14N4O3S. The van der Waals surface area contributed by atoms with Gasteiger partial charge in [-0.05, 0) is 17.4 Å². The van der Waals surface area contributed by atoms with Crippen molar-refractivity contribution in [2.24, 2.45) is 5.92 Å². The van der Waals surface area contributed by atoms with Gasteiger partial charge in [0.2, 0.25) is 5.89 Å². The van der Waals surface area contributed by atoms with Crippen molar-refractivity contribution < 1.29 is 8.94 Å². The summed E-state index contributed by atoms with van der Waals surface area (Å²) in [7, 11) is 0. The Morgan fingerprint density at radius 1 is 1.43 bits per heavy atom. The second kappa shape index (κ2) is 5.65.